The molecular formula is C16H21N3O3S2. The summed E-state index contributed by atoms with van der Waals surface area (Å²) in [6, 6.07) is 9.71. The van der Waals surface area contributed by atoms with Crippen LogP contribution in [0.4, 0.5) is 0 Å². The second-order valence-electron chi connectivity index (χ2n) is 5.94. The summed E-state index contributed by atoms with van der Waals surface area (Å²) < 4.78 is 30.7. The normalized spacial score (nSPS) is 19.5. The minimum Gasteiger partial charge on any atom is -0.493 e. The van der Waals surface area contributed by atoms with Crippen molar-refractivity contribution in [3.63, 3.8) is 0 Å². The molecule has 3 rings (SSSR count). The Morgan fingerprint density at radius 3 is 2.79 bits per heavy atom. The molecular weight excluding hydrogens is 346 g/mol. The van der Waals surface area contributed by atoms with Crippen LogP contribution in [0.2, 0.25) is 0 Å². The molecule has 0 spiro atoms. The number of ether oxygens (including phenoxy) is 1. The van der Waals surface area contributed by atoms with Gasteiger partial charge in [0.15, 0.2) is 15.0 Å². The van der Waals surface area contributed by atoms with E-state index in [0.29, 0.717) is 18.8 Å². The molecule has 0 aliphatic carbocycles. The second-order valence-corrected chi connectivity index (χ2v) is 9.23. The van der Waals surface area contributed by atoms with E-state index >= 15 is 0 Å². The predicted octanol–water partition coefficient (Wildman–Crippen LogP) is 1.96. The van der Waals surface area contributed by atoms with Gasteiger partial charge in [-0.25, -0.2) is 8.42 Å². The lowest BCUT2D eigenvalue weighted by Crippen LogP contribution is -2.11. The topological polar surface area (TPSA) is 74.1 Å². The summed E-state index contributed by atoms with van der Waals surface area (Å²) in [5.41, 5.74) is 0. The molecule has 1 aliphatic rings. The number of para-hydroxylation sites is 1. The lowest BCUT2D eigenvalue weighted by Gasteiger charge is -2.08. The third kappa shape index (κ3) is 4.51. The maximum absolute atomic E-state index is 11.6. The largest absolute Gasteiger partial charge is 0.493 e. The van der Waals surface area contributed by atoms with Crippen molar-refractivity contribution in [1.29, 1.82) is 0 Å². The highest BCUT2D eigenvalue weighted by Gasteiger charge is 2.29. The quantitative estimate of drug-likeness (QED) is 0.550. The number of rotatable bonds is 7. The molecule has 2 heterocycles. The Kier molecular flexibility index (Phi) is 5.45. The van der Waals surface area contributed by atoms with Gasteiger partial charge >= 0.3 is 0 Å². The van der Waals surface area contributed by atoms with Crippen LogP contribution in [-0.4, -0.2) is 47.0 Å². The number of hydrogen-bond donors (Lipinski definition) is 0. The van der Waals surface area contributed by atoms with Gasteiger partial charge in [0.2, 0.25) is 0 Å². The monoisotopic (exact) mass is 367 g/mol. The van der Waals surface area contributed by atoms with E-state index in [2.05, 4.69) is 10.2 Å². The van der Waals surface area contributed by atoms with Gasteiger partial charge in [-0.3, -0.25) is 0 Å². The molecule has 0 amide bonds. The molecule has 6 nitrogen and oxygen atoms in total. The first-order valence-electron chi connectivity index (χ1n) is 7.93. The third-order valence-corrected chi connectivity index (χ3v) is 6.87. The van der Waals surface area contributed by atoms with Gasteiger partial charge in [-0.1, -0.05) is 30.0 Å². The van der Waals surface area contributed by atoms with Crippen LogP contribution >= 0.6 is 11.8 Å². The van der Waals surface area contributed by atoms with Crippen molar-refractivity contribution in [1.82, 2.24) is 14.8 Å². The molecule has 24 heavy (non-hydrogen) atoms. The van der Waals surface area contributed by atoms with Gasteiger partial charge in [0, 0.05) is 19.2 Å². The fourth-order valence-electron chi connectivity index (χ4n) is 2.75. The van der Waals surface area contributed by atoms with E-state index < -0.39 is 9.84 Å². The summed E-state index contributed by atoms with van der Waals surface area (Å²) >= 11 is 1.59. The van der Waals surface area contributed by atoms with E-state index in [1.807, 2.05) is 41.9 Å². The van der Waals surface area contributed by atoms with E-state index in [9.17, 15) is 8.42 Å². The van der Waals surface area contributed by atoms with E-state index in [4.69, 9.17) is 4.74 Å². The Bertz CT molecular complexity index is 775. The summed E-state index contributed by atoms with van der Waals surface area (Å²) in [4.78, 5) is 0. The van der Waals surface area contributed by atoms with Crippen molar-refractivity contribution < 1.29 is 13.2 Å². The van der Waals surface area contributed by atoms with Crippen LogP contribution in [0, 0.1) is 5.92 Å². The van der Waals surface area contributed by atoms with Gasteiger partial charge in [-0.05, 0) is 24.5 Å². The van der Waals surface area contributed by atoms with E-state index in [1.54, 1.807) is 11.8 Å². The summed E-state index contributed by atoms with van der Waals surface area (Å²) in [6.07, 6.45) is 1.40. The number of nitrogens with zero attached hydrogens (tertiary/aromatic N) is 3. The fourth-order valence-corrected chi connectivity index (χ4v) is 5.36. The number of thioether (sulfide) groups is 1. The standard InChI is InChI=1S/C16H21N3O3S2/c1-19-15(11-13-7-10-24(20,21)12-13)17-18-16(19)23-9-8-22-14-5-3-2-4-6-14/h2-6,13H,7-12H2,1H3/t13-/m0/s1. The molecule has 1 fully saturated rings. The van der Waals surface area contributed by atoms with Gasteiger partial charge in [-0.15, -0.1) is 10.2 Å². The van der Waals surface area contributed by atoms with Crippen molar-refractivity contribution in [2.24, 2.45) is 13.0 Å². The average molecular weight is 367 g/mol. The molecule has 0 radical (unpaired) electrons. The summed E-state index contributed by atoms with van der Waals surface area (Å²) in [6.45, 7) is 0.595. The molecule has 0 N–H and O–H groups in total. The zero-order valence-corrected chi connectivity index (χ0v) is 15.2. The molecule has 1 aliphatic heterocycles. The first kappa shape index (κ1) is 17.3. The summed E-state index contributed by atoms with van der Waals surface area (Å²) in [5.74, 6) is 3.22. The SMILES string of the molecule is Cn1c(C[C@@H]2CCS(=O)(=O)C2)nnc1SCCOc1ccccc1. The lowest BCUT2D eigenvalue weighted by atomic mass is 10.1. The van der Waals surface area contributed by atoms with E-state index in [0.717, 1.165) is 28.9 Å². The van der Waals surface area contributed by atoms with Gasteiger partial charge < -0.3 is 9.30 Å². The van der Waals surface area contributed by atoms with Gasteiger partial charge in [-0.2, -0.15) is 0 Å². The Balaban J connectivity index is 1.48. The van der Waals surface area contributed by atoms with Crippen molar-refractivity contribution in [2.45, 2.75) is 18.0 Å². The molecule has 0 bridgehead atoms. The molecule has 0 unspecified atom stereocenters. The Hall–Kier alpha value is -1.54. The van der Waals surface area contributed by atoms with E-state index in [1.165, 1.54) is 0 Å². The maximum atomic E-state index is 11.6. The highest BCUT2D eigenvalue weighted by atomic mass is 32.2. The molecule has 130 valence electrons. The molecule has 1 saturated heterocycles. The smallest absolute Gasteiger partial charge is 0.191 e. The highest BCUT2D eigenvalue weighted by molar-refractivity contribution is 7.99. The van der Waals surface area contributed by atoms with Crippen LogP contribution in [0.15, 0.2) is 35.5 Å². The first-order valence-corrected chi connectivity index (χ1v) is 10.7. The van der Waals surface area contributed by atoms with Gasteiger partial charge in [0.25, 0.3) is 0 Å². The van der Waals surface area contributed by atoms with Gasteiger partial charge in [0.05, 0.1) is 18.1 Å². The number of hydrogen-bond acceptors (Lipinski definition) is 6. The summed E-state index contributed by atoms with van der Waals surface area (Å²) in [7, 11) is -0.915. The molecule has 1 aromatic heterocycles. The Morgan fingerprint density at radius 1 is 1.29 bits per heavy atom. The van der Waals surface area contributed by atoms with Crippen LogP contribution in [0.1, 0.15) is 12.2 Å². The molecule has 8 heteroatoms. The van der Waals surface area contributed by atoms with Crippen LogP contribution in [0.25, 0.3) is 0 Å². The lowest BCUT2D eigenvalue weighted by molar-refractivity contribution is 0.344. The van der Waals surface area contributed by atoms with Crippen LogP contribution in [0.5, 0.6) is 5.75 Å². The fraction of sp³-hybridized carbons (Fsp3) is 0.500. The van der Waals surface area contributed by atoms with Crippen molar-refractivity contribution in [3.05, 3.63) is 36.2 Å². The zero-order chi connectivity index (χ0) is 17.0. The summed E-state index contributed by atoms with van der Waals surface area (Å²) in [5, 5.41) is 9.27. The second kappa shape index (κ2) is 7.57. The average Bonchev–Trinajstić information content (AvgIpc) is 3.08. The maximum Gasteiger partial charge on any atom is 0.191 e. The first-order chi connectivity index (χ1) is 11.5. The minimum atomic E-state index is -2.84. The highest BCUT2D eigenvalue weighted by Crippen LogP contribution is 2.23. The van der Waals surface area contributed by atoms with Crippen LogP contribution in [-0.2, 0) is 23.3 Å². The molecule has 0 saturated carbocycles. The third-order valence-electron chi connectivity index (χ3n) is 4.05. The zero-order valence-electron chi connectivity index (χ0n) is 13.6. The molecule has 2 aromatic rings. The Morgan fingerprint density at radius 2 is 2.08 bits per heavy atom. The molecule has 1 atom stereocenters. The van der Waals surface area contributed by atoms with Crippen LogP contribution in [0.3, 0.4) is 0 Å². The Labute approximate surface area is 146 Å². The van der Waals surface area contributed by atoms with Crippen LogP contribution < -0.4 is 4.74 Å². The van der Waals surface area contributed by atoms with Crippen molar-refractivity contribution >= 4 is 21.6 Å². The number of aromatic nitrogens is 3. The molecule has 1 aromatic carbocycles. The van der Waals surface area contributed by atoms with Gasteiger partial charge in [0.1, 0.15) is 11.6 Å². The number of benzene rings is 1. The van der Waals surface area contributed by atoms with Crippen molar-refractivity contribution in [2.75, 3.05) is 23.9 Å². The van der Waals surface area contributed by atoms with Crippen molar-refractivity contribution in [3.8, 4) is 5.75 Å². The minimum absolute atomic E-state index is 0.164. The van der Waals surface area contributed by atoms with E-state index in [-0.39, 0.29) is 11.7 Å². The number of sulfone groups is 1. The predicted molar refractivity (Wildman–Crippen MR) is 94.1 cm³/mol.